The second-order valence-corrected chi connectivity index (χ2v) is 8.51. The van der Waals surface area contributed by atoms with Gasteiger partial charge in [-0.05, 0) is 68.0 Å². The number of pyridine rings is 1. The first-order valence-corrected chi connectivity index (χ1v) is 10.7. The van der Waals surface area contributed by atoms with Gasteiger partial charge in [-0.15, -0.1) is 0 Å². The van der Waals surface area contributed by atoms with E-state index in [0.717, 1.165) is 31.2 Å². The smallest absolute Gasteiger partial charge is 0.235 e. The van der Waals surface area contributed by atoms with Crippen molar-refractivity contribution in [2.45, 2.75) is 50.4 Å². The molecule has 0 unspecified atom stereocenters. The van der Waals surface area contributed by atoms with E-state index in [4.69, 9.17) is 5.26 Å². The lowest BCUT2D eigenvalue weighted by atomic mass is 9.64. The first-order chi connectivity index (χ1) is 15.0. The highest BCUT2D eigenvalue weighted by Crippen LogP contribution is 2.44. The van der Waals surface area contributed by atoms with E-state index in [1.54, 1.807) is 24.4 Å². The molecule has 7 heteroatoms. The number of hydrogen-bond acceptors (Lipinski definition) is 4. The molecule has 2 saturated carbocycles. The van der Waals surface area contributed by atoms with E-state index >= 15 is 0 Å². The minimum Gasteiger partial charge on any atom is -0.325 e. The molecule has 1 aromatic carbocycles. The van der Waals surface area contributed by atoms with Crippen molar-refractivity contribution < 1.29 is 14.0 Å². The fourth-order valence-corrected chi connectivity index (χ4v) is 4.49. The highest BCUT2D eigenvalue weighted by molar-refractivity contribution is 6.00. The summed E-state index contributed by atoms with van der Waals surface area (Å²) in [5.41, 5.74) is 0.698. The van der Waals surface area contributed by atoms with Crippen molar-refractivity contribution in [3.8, 4) is 6.07 Å². The van der Waals surface area contributed by atoms with Gasteiger partial charge in [0.15, 0.2) is 0 Å². The molecule has 2 N–H and O–H groups in total. The van der Waals surface area contributed by atoms with Crippen molar-refractivity contribution in [2.75, 3.05) is 10.6 Å². The molecule has 2 amide bonds. The summed E-state index contributed by atoms with van der Waals surface area (Å²) in [6, 6.07) is 11.5. The Bertz CT molecular complexity index is 994. The summed E-state index contributed by atoms with van der Waals surface area (Å²) in [4.78, 5) is 29.9. The number of nitriles is 1. The lowest BCUT2D eigenvalue weighted by molar-refractivity contribution is -0.124. The van der Waals surface area contributed by atoms with Crippen LogP contribution >= 0.6 is 0 Å². The predicted molar refractivity (Wildman–Crippen MR) is 114 cm³/mol. The molecule has 2 fully saturated rings. The highest BCUT2D eigenvalue weighted by atomic mass is 19.1. The average molecular weight is 420 g/mol. The number of nitrogens with zero attached hydrogens (tertiary/aromatic N) is 2. The lowest BCUT2D eigenvalue weighted by Crippen LogP contribution is -2.46. The summed E-state index contributed by atoms with van der Waals surface area (Å²) in [5.74, 6) is -0.366. The second kappa shape index (κ2) is 8.84. The molecule has 0 bridgehead atoms. The Morgan fingerprint density at radius 3 is 2.45 bits per heavy atom. The quantitative estimate of drug-likeness (QED) is 0.742. The van der Waals surface area contributed by atoms with Crippen molar-refractivity contribution in [1.82, 2.24) is 4.98 Å². The summed E-state index contributed by atoms with van der Waals surface area (Å²) in [7, 11) is 0. The highest BCUT2D eigenvalue weighted by Gasteiger charge is 2.46. The minimum atomic E-state index is -0.659. The van der Waals surface area contributed by atoms with E-state index in [1.807, 2.05) is 6.07 Å². The molecule has 1 aromatic heterocycles. The second-order valence-electron chi connectivity index (χ2n) is 8.51. The van der Waals surface area contributed by atoms with E-state index in [1.165, 1.54) is 12.1 Å². The molecule has 0 aliphatic heterocycles. The first kappa shape index (κ1) is 21.0. The molecular formula is C24H25FN4O2. The third-order valence-corrected chi connectivity index (χ3v) is 6.54. The Kier molecular flexibility index (Phi) is 5.99. The molecular weight excluding hydrogens is 395 g/mol. The topological polar surface area (TPSA) is 94.9 Å². The summed E-state index contributed by atoms with van der Waals surface area (Å²) in [6.45, 7) is 0. The zero-order valence-corrected chi connectivity index (χ0v) is 17.2. The van der Waals surface area contributed by atoms with Gasteiger partial charge in [-0.2, -0.15) is 5.26 Å². The number of anilines is 2. The molecule has 4 rings (SSSR count). The molecule has 0 saturated heterocycles. The molecule has 6 nitrogen and oxygen atoms in total. The monoisotopic (exact) mass is 420 g/mol. The lowest BCUT2D eigenvalue weighted by Gasteiger charge is -2.40. The Labute approximate surface area is 180 Å². The molecule has 160 valence electrons. The van der Waals surface area contributed by atoms with Crippen LogP contribution in [0.5, 0.6) is 0 Å². The van der Waals surface area contributed by atoms with Crippen LogP contribution in [0.4, 0.5) is 15.9 Å². The van der Waals surface area contributed by atoms with Crippen LogP contribution in [0.2, 0.25) is 0 Å². The Hall–Kier alpha value is -3.27. The van der Waals surface area contributed by atoms with Gasteiger partial charge in [0, 0.05) is 23.7 Å². The standard InChI is InChI=1S/C24H25FN4O2/c25-19-6-8-20(9-7-19)28-23(31)24(11-2-12-24)18-5-10-21(27-15-18)29-22(30)17-4-1-3-16(13-17)14-26/h5-10,15-17H,1-4,11-13H2,(H,28,31)(H,27,29,30)/t16-,17-/m1/s1. The maximum atomic E-state index is 13.1. The Balaban J connectivity index is 1.42. The average Bonchev–Trinajstić information content (AvgIpc) is 2.76. The largest absolute Gasteiger partial charge is 0.325 e. The number of nitrogens with one attached hydrogen (secondary N) is 2. The van der Waals surface area contributed by atoms with Gasteiger partial charge < -0.3 is 10.6 Å². The zero-order valence-electron chi connectivity index (χ0n) is 17.2. The number of benzene rings is 1. The number of carbonyl (C=O) groups is 2. The summed E-state index contributed by atoms with van der Waals surface area (Å²) in [6.07, 6.45) is 7.14. The van der Waals surface area contributed by atoms with Gasteiger partial charge in [-0.25, -0.2) is 9.37 Å². The number of amides is 2. The molecule has 2 aliphatic carbocycles. The molecule has 1 heterocycles. The molecule has 31 heavy (non-hydrogen) atoms. The zero-order chi connectivity index (χ0) is 21.8. The Morgan fingerprint density at radius 2 is 1.84 bits per heavy atom. The molecule has 2 aliphatic rings. The Morgan fingerprint density at radius 1 is 1.06 bits per heavy atom. The van der Waals surface area contributed by atoms with Crippen LogP contribution < -0.4 is 10.6 Å². The van der Waals surface area contributed by atoms with E-state index < -0.39 is 5.41 Å². The van der Waals surface area contributed by atoms with Gasteiger partial charge >= 0.3 is 0 Å². The molecule has 2 atom stereocenters. The number of aromatic nitrogens is 1. The number of hydrogen-bond donors (Lipinski definition) is 2. The van der Waals surface area contributed by atoms with E-state index in [2.05, 4.69) is 21.7 Å². The van der Waals surface area contributed by atoms with Gasteiger partial charge in [0.1, 0.15) is 11.6 Å². The van der Waals surface area contributed by atoms with E-state index in [-0.39, 0.29) is 29.5 Å². The minimum absolute atomic E-state index is 0.0575. The molecule has 0 spiro atoms. The van der Waals surface area contributed by atoms with Crippen molar-refractivity contribution in [3.63, 3.8) is 0 Å². The van der Waals surface area contributed by atoms with Gasteiger partial charge in [0.25, 0.3) is 0 Å². The molecule has 2 aromatic rings. The van der Waals surface area contributed by atoms with Gasteiger partial charge in [0.2, 0.25) is 11.8 Å². The van der Waals surface area contributed by atoms with Crippen LogP contribution in [-0.4, -0.2) is 16.8 Å². The maximum absolute atomic E-state index is 13.1. The summed E-state index contributed by atoms with van der Waals surface area (Å²) in [5, 5.41) is 14.9. The van der Waals surface area contributed by atoms with Crippen LogP contribution in [0.3, 0.4) is 0 Å². The van der Waals surface area contributed by atoms with Crippen molar-refractivity contribution >= 4 is 23.3 Å². The van der Waals surface area contributed by atoms with Crippen LogP contribution in [0.1, 0.15) is 50.5 Å². The van der Waals surface area contributed by atoms with Crippen molar-refractivity contribution in [1.29, 1.82) is 5.26 Å². The van der Waals surface area contributed by atoms with Crippen molar-refractivity contribution in [3.05, 3.63) is 54.0 Å². The molecule has 0 radical (unpaired) electrons. The third kappa shape index (κ3) is 4.43. The van der Waals surface area contributed by atoms with Gasteiger partial charge in [-0.3, -0.25) is 9.59 Å². The van der Waals surface area contributed by atoms with Crippen LogP contribution in [0.25, 0.3) is 0 Å². The van der Waals surface area contributed by atoms with Gasteiger partial charge in [-0.1, -0.05) is 18.9 Å². The van der Waals surface area contributed by atoms with Crippen LogP contribution in [0.15, 0.2) is 42.6 Å². The van der Waals surface area contributed by atoms with Crippen molar-refractivity contribution in [2.24, 2.45) is 11.8 Å². The fourth-order valence-electron chi connectivity index (χ4n) is 4.49. The number of carbonyl (C=O) groups excluding carboxylic acids is 2. The number of rotatable bonds is 5. The summed E-state index contributed by atoms with van der Waals surface area (Å²) >= 11 is 0. The number of halogens is 1. The predicted octanol–water partition coefficient (Wildman–Crippen LogP) is 4.55. The van der Waals surface area contributed by atoms with Crippen LogP contribution in [-0.2, 0) is 15.0 Å². The van der Waals surface area contributed by atoms with Gasteiger partial charge in [0.05, 0.1) is 11.5 Å². The summed E-state index contributed by atoms with van der Waals surface area (Å²) < 4.78 is 13.1. The maximum Gasteiger partial charge on any atom is 0.235 e. The first-order valence-electron chi connectivity index (χ1n) is 10.7. The normalized spacial score (nSPS) is 21.9. The van der Waals surface area contributed by atoms with E-state index in [9.17, 15) is 14.0 Å². The third-order valence-electron chi connectivity index (χ3n) is 6.54. The van der Waals surface area contributed by atoms with E-state index in [0.29, 0.717) is 30.8 Å². The fraction of sp³-hybridized carbons (Fsp3) is 0.417. The van der Waals surface area contributed by atoms with Crippen LogP contribution in [0, 0.1) is 29.0 Å². The SMILES string of the molecule is N#C[C@@H]1CCC[C@@H](C(=O)Nc2ccc(C3(C(=O)Nc4ccc(F)cc4)CCC3)cn2)C1.